The summed E-state index contributed by atoms with van der Waals surface area (Å²) in [6.07, 6.45) is 4.01. The lowest BCUT2D eigenvalue weighted by Crippen LogP contribution is -2.70. The Bertz CT molecular complexity index is 1140. The zero-order valence-corrected chi connectivity index (χ0v) is 18.4. The number of pyridine rings is 2. The summed E-state index contributed by atoms with van der Waals surface area (Å²) < 4.78 is 7.90. The highest BCUT2D eigenvalue weighted by atomic mass is 16.5. The van der Waals surface area contributed by atoms with Gasteiger partial charge in [0.25, 0.3) is 0 Å². The molecule has 8 heteroatoms. The van der Waals surface area contributed by atoms with Gasteiger partial charge in [0, 0.05) is 45.1 Å². The van der Waals surface area contributed by atoms with Crippen LogP contribution in [0.5, 0.6) is 0 Å². The summed E-state index contributed by atoms with van der Waals surface area (Å²) in [6, 6.07) is 4.49. The monoisotopic (exact) mass is 419 g/mol. The standard InChI is InChI=1S/C23H29N7O/c1-15-10-29(20-6-16(2)27-22-19(20)9-26-28(22)3)11-17-8-25-21(7-18(15)17)30-13-23(14-30)12-24-4-5-31-23/h6-9,15,24H,4-5,10-14H2,1-3H3/t15-/m0/s1. The third-order valence-corrected chi connectivity index (χ3v) is 6.96. The topological polar surface area (TPSA) is 71.3 Å². The molecular weight excluding hydrogens is 390 g/mol. The molecule has 0 radical (unpaired) electrons. The average Bonchev–Trinajstić information content (AvgIpc) is 3.12. The summed E-state index contributed by atoms with van der Waals surface area (Å²) in [5, 5.41) is 9.00. The van der Waals surface area contributed by atoms with Crippen molar-refractivity contribution in [1.29, 1.82) is 0 Å². The van der Waals surface area contributed by atoms with Crippen molar-refractivity contribution in [2.24, 2.45) is 7.05 Å². The molecule has 31 heavy (non-hydrogen) atoms. The van der Waals surface area contributed by atoms with Gasteiger partial charge in [-0.05, 0) is 36.1 Å². The Morgan fingerprint density at radius 2 is 2.06 bits per heavy atom. The Hall–Kier alpha value is -2.71. The maximum absolute atomic E-state index is 6.05. The molecule has 2 saturated heterocycles. The van der Waals surface area contributed by atoms with Gasteiger partial charge < -0.3 is 19.9 Å². The molecule has 3 aromatic heterocycles. The lowest BCUT2D eigenvalue weighted by molar-refractivity contribution is -0.0831. The van der Waals surface area contributed by atoms with Crippen molar-refractivity contribution in [3.8, 4) is 0 Å². The summed E-state index contributed by atoms with van der Waals surface area (Å²) in [4.78, 5) is 14.3. The van der Waals surface area contributed by atoms with Gasteiger partial charge in [-0.3, -0.25) is 4.68 Å². The third-order valence-electron chi connectivity index (χ3n) is 6.96. The minimum absolute atomic E-state index is 0.0213. The van der Waals surface area contributed by atoms with E-state index in [9.17, 15) is 0 Å². The quantitative estimate of drug-likeness (QED) is 0.681. The Balaban J connectivity index is 1.26. The highest BCUT2D eigenvalue weighted by Gasteiger charge is 2.46. The third kappa shape index (κ3) is 3.08. The van der Waals surface area contributed by atoms with E-state index in [-0.39, 0.29) is 5.60 Å². The predicted molar refractivity (Wildman–Crippen MR) is 121 cm³/mol. The Morgan fingerprint density at radius 3 is 2.87 bits per heavy atom. The first kappa shape index (κ1) is 19.0. The van der Waals surface area contributed by atoms with Crippen LogP contribution in [0.3, 0.4) is 0 Å². The Kier molecular flexibility index (Phi) is 4.23. The van der Waals surface area contributed by atoms with Crippen molar-refractivity contribution < 1.29 is 4.74 Å². The molecule has 0 amide bonds. The fourth-order valence-electron chi connectivity index (χ4n) is 5.34. The second kappa shape index (κ2) is 6.90. The highest BCUT2D eigenvalue weighted by Crippen LogP contribution is 2.37. The molecule has 3 aromatic rings. The van der Waals surface area contributed by atoms with Gasteiger partial charge in [0.2, 0.25) is 0 Å². The van der Waals surface area contributed by atoms with Crippen LogP contribution in [0.4, 0.5) is 11.5 Å². The zero-order chi connectivity index (χ0) is 21.2. The summed E-state index contributed by atoms with van der Waals surface area (Å²) in [5.41, 5.74) is 5.87. The lowest BCUT2D eigenvalue weighted by atomic mass is 9.90. The molecule has 6 rings (SSSR count). The number of anilines is 2. The zero-order valence-electron chi connectivity index (χ0n) is 18.4. The van der Waals surface area contributed by atoms with E-state index in [0.29, 0.717) is 5.92 Å². The first-order valence-electron chi connectivity index (χ1n) is 11.1. The maximum Gasteiger partial charge on any atom is 0.159 e. The number of aromatic nitrogens is 4. The normalized spacial score (nSPS) is 22.6. The predicted octanol–water partition coefficient (Wildman–Crippen LogP) is 1.97. The molecule has 0 aliphatic carbocycles. The molecule has 8 nitrogen and oxygen atoms in total. The molecule has 1 atom stereocenters. The van der Waals surface area contributed by atoms with Crippen molar-refractivity contribution >= 4 is 22.5 Å². The number of hydrogen-bond acceptors (Lipinski definition) is 7. The summed E-state index contributed by atoms with van der Waals surface area (Å²) in [6.45, 7) is 10.7. The molecule has 2 fully saturated rings. The van der Waals surface area contributed by atoms with Crippen molar-refractivity contribution in [3.63, 3.8) is 0 Å². The minimum Gasteiger partial charge on any atom is -0.369 e. The summed E-state index contributed by atoms with van der Waals surface area (Å²) in [5.74, 6) is 1.50. The van der Waals surface area contributed by atoms with Crippen molar-refractivity contribution in [3.05, 3.63) is 41.3 Å². The van der Waals surface area contributed by atoms with Crippen LogP contribution in [0.15, 0.2) is 24.5 Å². The van der Waals surface area contributed by atoms with Crippen LogP contribution in [0.2, 0.25) is 0 Å². The molecule has 3 aliphatic heterocycles. The Morgan fingerprint density at radius 1 is 1.19 bits per heavy atom. The van der Waals surface area contributed by atoms with Gasteiger partial charge in [0.05, 0.1) is 37.0 Å². The Labute approximate surface area is 182 Å². The van der Waals surface area contributed by atoms with E-state index in [1.807, 2.05) is 17.9 Å². The molecular formula is C23H29N7O. The van der Waals surface area contributed by atoms with Gasteiger partial charge in [0.1, 0.15) is 11.4 Å². The van der Waals surface area contributed by atoms with Gasteiger partial charge in [-0.15, -0.1) is 0 Å². The SMILES string of the molecule is Cc1cc(N2Cc3cnc(N4CC5(CNCCO5)C4)cc3[C@@H](C)C2)c2cnn(C)c2n1. The van der Waals surface area contributed by atoms with Crippen LogP contribution in [0.25, 0.3) is 11.0 Å². The van der Waals surface area contributed by atoms with E-state index >= 15 is 0 Å². The van der Waals surface area contributed by atoms with Crippen molar-refractivity contribution in [2.75, 3.05) is 49.1 Å². The number of aryl methyl sites for hydroxylation is 2. The summed E-state index contributed by atoms with van der Waals surface area (Å²) in [7, 11) is 1.95. The number of fused-ring (bicyclic) bond motifs is 2. The van der Waals surface area contributed by atoms with Crippen LogP contribution in [0.1, 0.15) is 29.7 Å². The van der Waals surface area contributed by atoms with Gasteiger partial charge in [0.15, 0.2) is 5.65 Å². The van der Waals surface area contributed by atoms with Crippen LogP contribution < -0.4 is 15.1 Å². The average molecular weight is 420 g/mol. The first-order valence-corrected chi connectivity index (χ1v) is 11.1. The number of nitrogens with zero attached hydrogens (tertiary/aromatic N) is 6. The number of ether oxygens (including phenoxy) is 1. The van der Waals surface area contributed by atoms with Crippen LogP contribution in [-0.2, 0) is 18.3 Å². The largest absolute Gasteiger partial charge is 0.369 e. The molecule has 0 bridgehead atoms. The van der Waals surface area contributed by atoms with Crippen LogP contribution in [-0.4, -0.2) is 64.7 Å². The van der Waals surface area contributed by atoms with E-state index in [2.05, 4.69) is 57.4 Å². The lowest BCUT2D eigenvalue weighted by Gasteiger charge is -2.52. The summed E-state index contributed by atoms with van der Waals surface area (Å²) >= 11 is 0. The van der Waals surface area contributed by atoms with Gasteiger partial charge in [-0.2, -0.15) is 5.10 Å². The van der Waals surface area contributed by atoms with Gasteiger partial charge in [-0.25, -0.2) is 9.97 Å². The first-order chi connectivity index (χ1) is 15.0. The molecule has 3 aliphatic rings. The van der Waals surface area contributed by atoms with Crippen LogP contribution >= 0.6 is 0 Å². The number of rotatable bonds is 2. The fourth-order valence-corrected chi connectivity index (χ4v) is 5.34. The van der Waals surface area contributed by atoms with Gasteiger partial charge in [-0.1, -0.05) is 6.92 Å². The molecule has 1 spiro atoms. The van der Waals surface area contributed by atoms with E-state index in [1.165, 1.54) is 16.8 Å². The van der Waals surface area contributed by atoms with Crippen molar-refractivity contribution in [1.82, 2.24) is 25.1 Å². The molecule has 0 saturated carbocycles. The molecule has 162 valence electrons. The fraction of sp³-hybridized carbons (Fsp3) is 0.522. The molecule has 0 unspecified atom stereocenters. The van der Waals surface area contributed by atoms with Crippen molar-refractivity contribution in [2.45, 2.75) is 31.9 Å². The maximum atomic E-state index is 6.05. The molecule has 1 N–H and O–H groups in total. The number of nitrogens with one attached hydrogen (secondary N) is 1. The van der Waals surface area contributed by atoms with E-state index in [0.717, 1.165) is 68.4 Å². The number of hydrogen-bond donors (Lipinski definition) is 1. The number of morpholine rings is 1. The second-order valence-electron chi connectivity index (χ2n) is 9.38. The van der Waals surface area contributed by atoms with E-state index in [4.69, 9.17) is 9.72 Å². The highest BCUT2D eigenvalue weighted by molar-refractivity contribution is 5.89. The smallest absolute Gasteiger partial charge is 0.159 e. The minimum atomic E-state index is -0.0213. The molecule has 0 aromatic carbocycles. The van der Waals surface area contributed by atoms with Gasteiger partial charge >= 0.3 is 0 Å². The second-order valence-corrected chi connectivity index (χ2v) is 9.38. The van der Waals surface area contributed by atoms with E-state index in [1.54, 1.807) is 0 Å². The molecule has 6 heterocycles. The van der Waals surface area contributed by atoms with E-state index < -0.39 is 0 Å². The van der Waals surface area contributed by atoms with Crippen LogP contribution in [0, 0.1) is 6.92 Å².